The number of anilines is 1. The lowest BCUT2D eigenvalue weighted by Crippen LogP contribution is -2.22. The molecule has 0 saturated heterocycles. The number of aromatic nitrogens is 2. The summed E-state index contributed by atoms with van der Waals surface area (Å²) in [5, 5.41) is 2.81. The van der Waals surface area contributed by atoms with Gasteiger partial charge in [0.25, 0.3) is 5.91 Å². The molecule has 0 atom stereocenters. The highest BCUT2D eigenvalue weighted by Crippen LogP contribution is 2.12. The SMILES string of the molecule is CCc1nccn1CC(=O)Nc1cccc(C(=O)N(C)C)c1. The quantitative estimate of drug-likeness (QED) is 0.915. The van der Waals surface area contributed by atoms with Crippen LogP contribution in [-0.2, 0) is 17.8 Å². The normalized spacial score (nSPS) is 10.3. The van der Waals surface area contributed by atoms with E-state index in [1.807, 2.05) is 11.5 Å². The van der Waals surface area contributed by atoms with Crippen LogP contribution in [0.15, 0.2) is 36.7 Å². The number of amides is 2. The van der Waals surface area contributed by atoms with Crippen LogP contribution in [0.3, 0.4) is 0 Å². The summed E-state index contributed by atoms with van der Waals surface area (Å²) in [6.07, 6.45) is 4.24. The molecule has 0 bridgehead atoms. The van der Waals surface area contributed by atoms with Gasteiger partial charge in [0, 0.05) is 44.2 Å². The number of carbonyl (C=O) groups excluding carboxylic acids is 2. The van der Waals surface area contributed by atoms with Crippen molar-refractivity contribution in [1.29, 1.82) is 0 Å². The predicted molar refractivity (Wildman–Crippen MR) is 84.7 cm³/mol. The van der Waals surface area contributed by atoms with Crippen LogP contribution < -0.4 is 5.32 Å². The molecule has 1 N–H and O–H groups in total. The summed E-state index contributed by atoms with van der Waals surface area (Å²) in [6.45, 7) is 2.20. The minimum atomic E-state index is -0.151. The Morgan fingerprint density at radius 1 is 1.32 bits per heavy atom. The van der Waals surface area contributed by atoms with E-state index in [0.717, 1.165) is 12.2 Å². The van der Waals surface area contributed by atoms with E-state index in [2.05, 4.69) is 10.3 Å². The fourth-order valence-electron chi connectivity index (χ4n) is 2.14. The molecule has 0 unspecified atom stereocenters. The van der Waals surface area contributed by atoms with Crippen molar-refractivity contribution in [2.45, 2.75) is 19.9 Å². The minimum Gasteiger partial charge on any atom is -0.345 e. The summed E-state index contributed by atoms with van der Waals surface area (Å²) in [6, 6.07) is 6.91. The Hall–Kier alpha value is -2.63. The van der Waals surface area contributed by atoms with Crippen molar-refractivity contribution in [3.63, 3.8) is 0 Å². The first kappa shape index (κ1) is 15.8. The van der Waals surface area contributed by atoms with Gasteiger partial charge in [0.15, 0.2) is 0 Å². The second-order valence-electron chi connectivity index (χ2n) is 5.15. The highest BCUT2D eigenvalue weighted by Gasteiger charge is 2.10. The molecule has 0 radical (unpaired) electrons. The number of nitrogens with zero attached hydrogens (tertiary/aromatic N) is 3. The van der Waals surface area contributed by atoms with Crippen molar-refractivity contribution < 1.29 is 9.59 Å². The Morgan fingerprint density at radius 3 is 2.77 bits per heavy atom. The number of imidazole rings is 1. The molecule has 6 heteroatoms. The average molecular weight is 300 g/mol. The number of nitrogens with one attached hydrogen (secondary N) is 1. The fourth-order valence-corrected chi connectivity index (χ4v) is 2.14. The highest BCUT2D eigenvalue weighted by molar-refractivity contribution is 5.96. The molecular weight excluding hydrogens is 280 g/mol. The van der Waals surface area contributed by atoms with Gasteiger partial charge in [-0.3, -0.25) is 9.59 Å². The van der Waals surface area contributed by atoms with Gasteiger partial charge in [-0.1, -0.05) is 13.0 Å². The van der Waals surface area contributed by atoms with Crippen molar-refractivity contribution >= 4 is 17.5 Å². The molecule has 1 aromatic carbocycles. The average Bonchev–Trinajstić information content (AvgIpc) is 2.93. The van der Waals surface area contributed by atoms with Gasteiger partial charge in [-0.2, -0.15) is 0 Å². The van der Waals surface area contributed by atoms with E-state index < -0.39 is 0 Å². The Morgan fingerprint density at radius 2 is 2.09 bits per heavy atom. The van der Waals surface area contributed by atoms with Crippen LogP contribution in [0.4, 0.5) is 5.69 Å². The highest BCUT2D eigenvalue weighted by atomic mass is 16.2. The van der Waals surface area contributed by atoms with Gasteiger partial charge in [-0.05, 0) is 18.2 Å². The van der Waals surface area contributed by atoms with Crippen LogP contribution >= 0.6 is 0 Å². The first-order valence-corrected chi connectivity index (χ1v) is 7.13. The molecule has 116 valence electrons. The maximum absolute atomic E-state index is 12.1. The molecule has 0 aliphatic heterocycles. The van der Waals surface area contributed by atoms with Crippen LogP contribution in [0, 0.1) is 0 Å². The molecule has 6 nitrogen and oxygen atoms in total. The van der Waals surface area contributed by atoms with E-state index in [9.17, 15) is 9.59 Å². The second kappa shape index (κ2) is 6.89. The van der Waals surface area contributed by atoms with E-state index in [-0.39, 0.29) is 18.4 Å². The van der Waals surface area contributed by atoms with Crippen LogP contribution in [0.1, 0.15) is 23.1 Å². The fraction of sp³-hybridized carbons (Fsp3) is 0.312. The molecule has 0 spiro atoms. The van der Waals surface area contributed by atoms with Crippen LogP contribution in [-0.4, -0.2) is 40.4 Å². The van der Waals surface area contributed by atoms with Crippen molar-refractivity contribution in [2.24, 2.45) is 0 Å². The third-order valence-electron chi connectivity index (χ3n) is 3.23. The number of hydrogen-bond acceptors (Lipinski definition) is 3. The van der Waals surface area contributed by atoms with Gasteiger partial charge >= 0.3 is 0 Å². The largest absolute Gasteiger partial charge is 0.345 e. The second-order valence-corrected chi connectivity index (χ2v) is 5.15. The van der Waals surface area contributed by atoms with Crippen LogP contribution in [0.5, 0.6) is 0 Å². The van der Waals surface area contributed by atoms with Gasteiger partial charge in [-0.15, -0.1) is 0 Å². The van der Waals surface area contributed by atoms with E-state index in [1.54, 1.807) is 50.8 Å². The lowest BCUT2D eigenvalue weighted by Gasteiger charge is -2.12. The van der Waals surface area contributed by atoms with E-state index in [0.29, 0.717) is 11.3 Å². The van der Waals surface area contributed by atoms with Gasteiger partial charge in [0.05, 0.1) is 0 Å². The molecule has 0 saturated carbocycles. The first-order valence-electron chi connectivity index (χ1n) is 7.13. The van der Waals surface area contributed by atoms with Crippen molar-refractivity contribution in [1.82, 2.24) is 14.5 Å². The molecule has 0 fully saturated rings. The van der Waals surface area contributed by atoms with E-state index in [4.69, 9.17) is 0 Å². The number of aryl methyl sites for hydroxylation is 1. The predicted octanol–water partition coefficient (Wildman–Crippen LogP) is 1.79. The number of benzene rings is 1. The molecule has 0 aliphatic rings. The molecule has 0 aliphatic carbocycles. The van der Waals surface area contributed by atoms with Gasteiger partial charge in [-0.25, -0.2) is 4.98 Å². The Kier molecular flexibility index (Phi) is 4.93. The standard InChI is InChI=1S/C16H20N4O2/c1-4-14-17-8-9-20(14)11-15(21)18-13-7-5-6-12(10-13)16(22)19(2)3/h5-10H,4,11H2,1-3H3,(H,18,21). The molecule has 1 aromatic heterocycles. The van der Waals surface area contributed by atoms with Gasteiger partial charge in [0.2, 0.25) is 5.91 Å². The van der Waals surface area contributed by atoms with Crippen molar-refractivity contribution in [2.75, 3.05) is 19.4 Å². The zero-order chi connectivity index (χ0) is 16.1. The third-order valence-corrected chi connectivity index (χ3v) is 3.23. The van der Waals surface area contributed by atoms with Crippen molar-refractivity contribution in [3.05, 3.63) is 48.0 Å². The molecule has 1 heterocycles. The Labute approximate surface area is 129 Å². The van der Waals surface area contributed by atoms with Gasteiger partial charge in [0.1, 0.15) is 12.4 Å². The smallest absolute Gasteiger partial charge is 0.253 e. The van der Waals surface area contributed by atoms with Crippen LogP contribution in [0.2, 0.25) is 0 Å². The molecule has 2 amide bonds. The summed E-state index contributed by atoms with van der Waals surface area (Å²) >= 11 is 0. The molecule has 2 aromatic rings. The Balaban J connectivity index is 2.06. The summed E-state index contributed by atoms with van der Waals surface area (Å²) < 4.78 is 1.81. The number of rotatable bonds is 5. The molecule has 22 heavy (non-hydrogen) atoms. The zero-order valence-electron chi connectivity index (χ0n) is 13.0. The first-order chi connectivity index (χ1) is 10.5. The number of hydrogen-bond donors (Lipinski definition) is 1. The lowest BCUT2D eigenvalue weighted by molar-refractivity contribution is -0.116. The van der Waals surface area contributed by atoms with Gasteiger partial charge < -0.3 is 14.8 Å². The third kappa shape index (κ3) is 3.72. The van der Waals surface area contributed by atoms with Crippen molar-refractivity contribution in [3.8, 4) is 0 Å². The molecular formula is C16H20N4O2. The lowest BCUT2D eigenvalue weighted by atomic mass is 10.2. The summed E-state index contributed by atoms with van der Waals surface area (Å²) in [4.78, 5) is 29.7. The van der Waals surface area contributed by atoms with E-state index >= 15 is 0 Å². The topological polar surface area (TPSA) is 67.2 Å². The minimum absolute atomic E-state index is 0.0982. The summed E-state index contributed by atoms with van der Waals surface area (Å²) in [5.41, 5.74) is 1.15. The van der Waals surface area contributed by atoms with E-state index in [1.165, 1.54) is 4.90 Å². The maximum Gasteiger partial charge on any atom is 0.253 e. The number of carbonyl (C=O) groups is 2. The summed E-state index contributed by atoms with van der Waals surface area (Å²) in [5.74, 6) is 0.618. The summed E-state index contributed by atoms with van der Waals surface area (Å²) in [7, 11) is 3.39. The Bertz CT molecular complexity index is 676. The zero-order valence-corrected chi connectivity index (χ0v) is 13.0. The maximum atomic E-state index is 12.1. The molecule has 2 rings (SSSR count). The monoisotopic (exact) mass is 300 g/mol. The van der Waals surface area contributed by atoms with Crippen LogP contribution in [0.25, 0.3) is 0 Å².